The van der Waals surface area contributed by atoms with Crippen LogP contribution in [0.15, 0.2) is 35.9 Å². The molecule has 1 radical (unpaired) electrons. The van der Waals surface area contributed by atoms with Crippen LogP contribution in [0.1, 0.15) is 12.5 Å². The summed E-state index contributed by atoms with van der Waals surface area (Å²) in [5.41, 5.74) is 0.466. The first-order valence-corrected chi connectivity index (χ1v) is 6.35. The Bertz CT molecular complexity index is 538. The first-order valence-electron chi connectivity index (χ1n) is 6.35. The van der Waals surface area contributed by atoms with E-state index < -0.39 is 12.0 Å². The molecule has 1 aromatic carbocycles. The number of likely N-dealkylation sites (N-methyl/N-ethyl adjacent to an activating group) is 1. The van der Waals surface area contributed by atoms with Crippen LogP contribution in [0.5, 0.6) is 0 Å². The van der Waals surface area contributed by atoms with Crippen molar-refractivity contribution in [1.29, 1.82) is 0 Å². The second kappa shape index (κ2) is 7.84. The van der Waals surface area contributed by atoms with Crippen LogP contribution in [-0.2, 0) is 14.4 Å². The molecule has 0 N–H and O–H groups in total. The molecule has 0 aliphatic carbocycles. The highest BCUT2D eigenvalue weighted by molar-refractivity contribution is 6.14. The molecule has 0 fully saturated rings. The summed E-state index contributed by atoms with van der Waals surface area (Å²) < 4.78 is 0. The maximum Gasteiger partial charge on any atom is 0.433 e. The summed E-state index contributed by atoms with van der Waals surface area (Å²) in [6.07, 6.45) is 2.27. The number of nitrogens with zero attached hydrogens (tertiary/aromatic N) is 2. The van der Waals surface area contributed by atoms with Crippen LogP contribution < -0.4 is 0 Å². The van der Waals surface area contributed by atoms with Gasteiger partial charge in [-0.25, -0.2) is 4.79 Å². The fourth-order valence-electron chi connectivity index (χ4n) is 1.41. The lowest BCUT2D eigenvalue weighted by molar-refractivity contribution is -0.161. The molecule has 0 aromatic heterocycles. The first-order chi connectivity index (χ1) is 9.99. The lowest BCUT2D eigenvalue weighted by atomic mass is 10.1. The molecule has 0 spiro atoms. The van der Waals surface area contributed by atoms with Crippen molar-refractivity contribution >= 4 is 24.4 Å². The molecular weight excluding hydrogens is 272 g/mol. The van der Waals surface area contributed by atoms with Gasteiger partial charge in [-0.1, -0.05) is 30.3 Å². The van der Waals surface area contributed by atoms with Crippen molar-refractivity contribution < 1.29 is 19.2 Å². The third kappa shape index (κ3) is 4.76. The van der Waals surface area contributed by atoms with Gasteiger partial charge in [0, 0.05) is 14.1 Å². The Morgan fingerprint density at radius 2 is 1.86 bits per heavy atom. The Kier molecular flexibility index (Phi) is 6.13. The molecule has 0 saturated heterocycles. The predicted molar refractivity (Wildman–Crippen MR) is 77.7 cm³/mol. The van der Waals surface area contributed by atoms with Crippen LogP contribution in [0.2, 0.25) is 0 Å². The molecule has 2 amide bonds. The monoisotopic (exact) mass is 289 g/mol. The number of hydroxylamine groups is 2. The molecule has 0 bridgehead atoms. The highest BCUT2D eigenvalue weighted by Crippen LogP contribution is 2.09. The molecule has 0 heterocycles. The number of hydrogen-bond donors (Lipinski definition) is 0. The normalized spacial score (nSPS) is 10.7. The van der Waals surface area contributed by atoms with E-state index in [0.29, 0.717) is 5.56 Å². The molecule has 111 valence electrons. The van der Waals surface area contributed by atoms with Gasteiger partial charge in [-0.2, -0.15) is 5.06 Å². The van der Waals surface area contributed by atoms with E-state index in [9.17, 15) is 14.4 Å². The summed E-state index contributed by atoms with van der Waals surface area (Å²) in [4.78, 5) is 40.7. The van der Waals surface area contributed by atoms with Crippen LogP contribution >= 0.6 is 0 Å². The lowest BCUT2D eigenvalue weighted by Crippen LogP contribution is -2.38. The second-order valence-corrected chi connectivity index (χ2v) is 4.32. The van der Waals surface area contributed by atoms with Crippen molar-refractivity contribution in [2.45, 2.75) is 6.92 Å². The van der Waals surface area contributed by atoms with Crippen molar-refractivity contribution in [1.82, 2.24) is 9.96 Å². The molecule has 6 nitrogen and oxygen atoms in total. The Labute approximate surface area is 123 Å². The molecule has 1 aromatic rings. The van der Waals surface area contributed by atoms with Gasteiger partial charge in [0.05, 0.1) is 12.1 Å². The van der Waals surface area contributed by atoms with Crippen molar-refractivity contribution in [3.63, 3.8) is 0 Å². The van der Waals surface area contributed by atoms with Crippen LogP contribution in [0.4, 0.5) is 4.79 Å². The molecule has 0 unspecified atom stereocenters. The highest BCUT2D eigenvalue weighted by atomic mass is 16.7. The maximum absolute atomic E-state index is 12.2. The van der Waals surface area contributed by atoms with Gasteiger partial charge in [0.15, 0.2) is 0 Å². The van der Waals surface area contributed by atoms with Gasteiger partial charge >= 0.3 is 6.09 Å². The van der Waals surface area contributed by atoms with E-state index in [0.717, 1.165) is 5.06 Å². The molecule has 0 aliphatic heterocycles. The van der Waals surface area contributed by atoms with E-state index >= 15 is 0 Å². The van der Waals surface area contributed by atoms with Gasteiger partial charge in [0.2, 0.25) is 6.29 Å². The Morgan fingerprint density at radius 1 is 1.24 bits per heavy atom. The van der Waals surface area contributed by atoms with E-state index in [1.165, 1.54) is 25.1 Å². The van der Waals surface area contributed by atoms with Crippen molar-refractivity contribution in [3.8, 4) is 0 Å². The van der Waals surface area contributed by atoms with Gasteiger partial charge in [0.25, 0.3) is 5.91 Å². The van der Waals surface area contributed by atoms with Crippen molar-refractivity contribution in [2.24, 2.45) is 0 Å². The van der Waals surface area contributed by atoms with Crippen LogP contribution in [0, 0.1) is 0 Å². The Hall–Kier alpha value is -2.63. The molecule has 0 saturated carbocycles. The lowest BCUT2D eigenvalue weighted by Gasteiger charge is -2.21. The molecule has 1 rings (SSSR count). The summed E-state index contributed by atoms with van der Waals surface area (Å²) in [6, 6.07) is 8.87. The highest BCUT2D eigenvalue weighted by Gasteiger charge is 2.22. The van der Waals surface area contributed by atoms with E-state index in [-0.39, 0.29) is 12.1 Å². The number of amides is 2. The zero-order valence-electron chi connectivity index (χ0n) is 12.2. The maximum atomic E-state index is 12.2. The van der Waals surface area contributed by atoms with Gasteiger partial charge in [-0.05, 0) is 18.6 Å². The smallest absolute Gasteiger partial charge is 0.318 e. The molecule has 21 heavy (non-hydrogen) atoms. The molecule has 0 aliphatic rings. The number of rotatable bonds is 4. The topological polar surface area (TPSA) is 66.9 Å². The minimum absolute atomic E-state index is 0.117. The molecular formula is C15H17N2O4. The molecule has 6 heteroatoms. The summed E-state index contributed by atoms with van der Waals surface area (Å²) in [6.45, 7) is 1.75. The third-order valence-corrected chi connectivity index (χ3v) is 2.52. The third-order valence-electron chi connectivity index (χ3n) is 2.52. The standard InChI is InChI=1S/C15H17N2O4/c1-4-17(21-15(20)16(2)3)14(19)13(11-18)10-12-8-6-5-7-9-12/h5-10H,4H2,1-3H3. The summed E-state index contributed by atoms with van der Waals surface area (Å²) in [5.74, 6) is -0.716. The zero-order valence-corrected chi connectivity index (χ0v) is 12.2. The fraction of sp³-hybridized carbons (Fsp3) is 0.267. The number of carbonyl (C=O) groups is 2. The number of benzene rings is 1. The van der Waals surface area contributed by atoms with Gasteiger partial charge in [-0.15, -0.1) is 0 Å². The minimum Gasteiger partial charge on any atom is -0.318 e. The minimum atomic E-state index is -0.716. The van der Waals surface area contributed by atoms with Crippen LogP contribution in [-0.4, -0.2) is 48.9 Å². The average molecular weight is 289 g/mol. The van der Waals surface area contributed by atoms with Crippen LogP contribution in [0.25, 0.3) is 6.08 Å². The van der Waals surface area contributed by atoms with Gasteiger partial charge in [-0.3, -0.25) is 9.59 Å². The SMILES string of the molecule is CCN(OC(=O)N(C)C)C(=O)C([C]=O)=Cc1ccccc1. The Morgan fingerprint density at radius 3 is 2.33 bits per heavy atom. The average Bonchev–Trinajstić information content (AvgIpc) is 2.50. The van der Waals surface area contributed by atoms with E-state index in [1.54, 1.807) is 37.5 Å². The zero-order chi connectivity index (χ0) is 15.8. The van der Waals surface area contributed by atoms with E-state index in [1.807, 2.05) is 6.07 Å². The summed E-state index contributed by atoms with van der Waals surface area (Å²) in [7, 11) is 2.99. The quantitative estimate of drug-likeness (QED) is 0.366. The number of hydrogen-bond acceptors (Lipinski definition) is 4. The first kappa shape index (κ1) is 16.4. The van der Waals surface area contributed by atoms with Crippen molar-refractivity contribution in [2.75, 3.05) is 20.6 Å². The Balaban J connectivity index is 2.93. The number of carbonyl (C=O) groups excluding carboxylic acids is 3. The van der Waals surface area contributed by atoms with Crippen LogP contribution in [0.3, 0.4) is 0 Å². The van der Waals surface area contributed by atoms with Crippen molar-refractivity contribution in [3.05, 3.63) is 41.5 Å². The van der Waals surface area contributed by atoms with E-state index in [2.05, 4.69) is 0 Å². The summed E-state index contributed by atoms with van der Waals surface area (Å²) >= 11 is 0. The largest absolute Gasteiger partial charge is 0.433 e. The van der Waals surface area contributed by atoms with Gasteiger partial charge < -0.3 is 9.74 Å². The van der Waals surface area contributed by atoms with Gasteiger partial charge in [0.1, 0.15) is 0 Å². The predicted octanol–water partition coefficient (Wildman–Crippen LogP) is 1.64. The molecule has 0 atom stereocenters. The fourth-order valence-corrected chi connectivity index (χ4v) is 1.41. The summed E-state index contributed by atoms with van der Waals surface area (Å²) in [5, 5.41) is 0.821. The second-order valence-electron chi connectivity index (χ2n) is 4.32. The van der Waals surface area contributed by atoms with E-state index in [4.69, 9.17) is 4.84 Å².